The van der Waals surface area contributed by atoms with Gasteiger partial charge in [-0.05, 0) is 19.1 Å². The maximum Gasteiger partial charge on any atom is 0.130 e. The van der Waals surface area contributed by atoms with Gasteiger partial charge in [0.15, 0.2) is 0 Å². The summed E-state index contributed by atoms with van der Waals surface area (Å²) in [5.74, 6) is 0.140. The summed E-state index contributed by atoms with van der Waals surface area (Å²) in [4.78, 5) is 0.684. The van der Waals surface area contributed by atoms with Crippen LogP contribution >= 0.6 is 0 Å². The van der Waals surface area contributed by atoms with Crippen molar-refractivity contribution in [3.05, 3.63) is 29.8 Å². The number of ether oxygens (including phenoxy) is 1. The molecule has 0 bridgehead atoms. The fourth-order valence-corrected chi connectivity index (χ4v) is 3.21. The molecule has 5 heteroatoms. The number of alkyl halides is 1. The van der Waals surface area contributed by atoms with Gasteiger partial charge in [-0.2, -0.15) is 0 Å². The first-order chi connectivity index (χ1) is 8.60. The smallest absolute Gasteiger partial charge is 0.130 e. The number of hydrogen-bond acceptors (Lipinski definition) is 3. The average Bonchev–Trinajstić information content (AvgIpc) is 2.71. The quantitative estimate of drug-likeness (QED) is 0.905. The second kappa shape index (κ2) is 5.91. The first-order valence-corrected chi connectivity index (χ1v) is 7.27. The topological polar surface area (TPSA) is 46.5 Å². The van der Waals surface area contributed by atoms with Gasteiger partial charge in [0.25, 0.3) is 0 Å². The molecule has 1 aliphatic rings. The standard InChI is InChI=1S/C13H17FO3S/c1-9-2-4-11(5-3-9)18(16)8-13-12(14)6-10(7-15)17-13/h2-5,10,12-13,15H,6-8H2,1H3/t10-,12-,13-,18?/m1/s1. The van der Waals surface area contributed by atoms with E-state index in [2.05, 4.69) is 0 Å². The van der Waals surface area contributed by atoms with Gasteiger partial charge in [-0.1, -0.05) is 17.7 Å². The molecule has 100 valence electrons. The highest BCUT2D eigenvalue weighted by Crippen LogP contribution is 2.25. The van der Waals surface area contributed by atoms with Gasteiger partial charge in [0.2, 0.25) is 0 Å². The highest BCUT2D eigenvalue weighted by Gasteiger charge is 2.36. The minimum atomic E-state index is -1.27. The van der Waals surface area contributed by atoms with E-state index in [1.807, 2.05) is 19.1 Å². The summed E-state index contributed by atoms with van der Waals surface area (Å²) in [6, 6.07) is 7.34. The SMILES string of the molecule is Cc1ccc(S(=O)C[C@H]2O[C@@H](CO)C[C@H]2F)cc1. The Kier molecular flexibility index (Phi) is 4.48. The van der Waals surface area contributed by atoms with Gasteiger partial charge in [0.1, 0.15) is 12.3 Å². The van der Waals surface area contributed by atoms with Crippen LogP contribution in [0, 0.1) is 6.92 Å². The molecule has 0 saturated carbocycles. The van der Waals surface area contributed by atoms with Crippen molar-refractivity contribution in [2.45, 2.75) is 36.6 Å². The Morgan fingerprint density at radius 2 is 2.11 bits per heavy atom. The molecule has 2 rings (SSSR count). The molecule has 1 fully saturated rings. The van der Waals surface area contributed by atoms with Crippen molar-refractivity contribution in [2.24, 2.45) is 0 Å². The molecule has 0 aromatic heterocycles. The Bertz CT molecular complexity index is 421. The van der Waals surface area contributed by atoms with Crippen LogP contribution in [0.5, 0.6) is 0 Å². The van der Waals surface area contributed by atoms with Gasteiger partial charge in [-0.3, -0.25) is 4.21 Å². The van der Waals surface area contributed by atoms with E-state index in [1.165, 1.54) is 0 Å². The fraction of sp³-hybridized carbons (Fsp3) is 0.538. The maximum absolute atomic E-state index is 13.6. The van der Waals surface area contributed by atoms with Crippen molar-refractivity contribution in [3.63, 3.8) is 0 Å². The second-order valence-corrected chi connectivity index (χ2v) is 6.05. The largest absolute Gasteiger partial charge is 0.394 e. The molecule has 1 aliphatic heterocycles. The van der Waals surface area contributed by atoms with E-state index >= 15 is 0 Å². The van der Waals surface area contributed by atoms with E-state index < -0.39 is 29.2 Å². The summed E-state index contributed by atoms with van der Waals surface area (Å²) in [7, 11) is -1.27. The summed E-state index contributed by atoms with van der Waals surface area (Å²) >= 11 is 0. The molecular weight excluding hydrogens is 255 g/mol. The highest BCUT2D eigenvalue weighted by atomic mass is 32.2. The van der Waals surface area contributed by atoms with Crippen LogP contribution < -0.4 is 0 Å². The third-order valence-electron chi connectivity index (χ3n) is 3.06. The molecular formula is C13H17FO3S. The van der Waals surface area contributed by atoms with Crippen molar-refractivity contribution < 1.29 is 18.4 Å². The Morgan fingerprint density at radius 3 is 2.67 bits per heavy atom. The van der Waals surface area contributed by atoms with Crippen LogP contribution in [0.3, 0.4) is 0 Å². The molecule has 1 aromatic rings. The average molecular weight is 272 g/mol. The summed E-state index contributed by atoms with van der Waals surface area (Å²) < 4.78 is 31.0. The Morgan fingerprint density at radius 1 is 1.44 bits per heavy atom. The molecule has 0 aliphatic carbocycles. The van der Waals surface area contributed by atoms with Crippen LogP contribution in [0.1, 0.15) is 12.0 Å². The van der Waals surface area contributed by atoms with Crippen LogP contribution in [-0.4, -0.2) is 40.1 Å². The number of hydrogen-bond donors (Lipinski definition) is 1. The molecule has 18 heavy (non-hydrogen) atoms. The predicted molar refractivity (Wildman–Crippen MR) is 67.7 cm³/mol. The molecule has 1 saturated heterocycles. The lowest BCUT2D eigenvalue weighted by Crippen LogP contribution is -2.25. The summed E-state index contributed by atoms with van der Waals surface area (Å²) in [5, 5.41) is 8.92. The van der Waals surface area contributed by atoms with Crippen LogP contribution in [0.15, 0.2) is 29.2 Å². The summed E-state index contributed by atoms with van der Waals surface area (Å²) in [5.41, 5.74) is 1.09. The number of aliphatic hydroxyl groups is 1. The van der Waals surface area contributed by atoms with Gasteiger partial charge < -0.3 is 9.84 Å². The third-order valence-corrected chi connectivity index (χ3v) is 4.49. The zero-order valence-corrected chi connectivity index (χ0v) is 11.0. The summed E-state index contributed by atoms with van der Waals surface area (Å²) in [6.07, 6.45) is -2.09. The summed E-state index contributed by atoms with van der Waals surface area (Å²) in [6.45, 7) is 1.77. The molecule has 0 spiro atoms. The van der Waals surface area contributed by atoms with Gasteiger partial charge in [0.05, 0.1) is 29.3 Å². The van der Waals surface area contributed by atoms with Gasteiger partial charge in [-0.15, -0.1) is 0 Å². The van der Waals surface area contributed by atoms with Crippen LogP contribution in [0.2, 0.25) is 0 Å². The van der Waals surface area contributed by atoms with E-state index in [0.29, 0.717) is 4.90 Å². The van der Waals surface area contributed by atoms with Gasteiger partial charge in [0, 0.05) is 11.3 Å². The normalized spacial score (nSPS) is 29.4. The zero-order chi connectivity index (χ0) is 13.1. The van der Waals surface area contributed by atoms with E-state index in [4.69, 9.17) is 9.84 Å². The zero-order valence-electron chi connectivity index (χ0n) is 10.2. The molecule has 3 nitrogen and oxygen atoms in total. The predicted octanol–water partition coefficient (Wildman–Crippen LogP) is 1.59. The first kappa shape index (κ1) is 13.6. The lowest BCUT2D eigenvalue weighted by molar-refractivity contribution is 0.0129. The highest BCUT2D eigenvalue weighted by molar-refractivity contribution is 7.85. The second-order valence-electron chi connectivity index (χ2n) is 4.56. The maximum atomic E-state index is 13.6. The Balaban J connectivity index is 1.97. The fourth-order valence-electron chi connectivity index (χ4n) is 1.99. The van der Waals surface area contributed by atoms with Crippen LogP contribution in [0.4, 0.5) is 4.39 Å². The van der Waals surface area contributed by atoms with Crippen molar-refractivity contribution >= 4 is 10.8 Å². The Hall–Kier alpha value is -0.780. The lowest BCUT2D eigenvalue weighted by atomic mass is 10.2. The van der Waals surface area contributed by atoms with E-state index in [0.717, 1.165) is 5.56 Å². The third kappa shape index (κ3) is 3.16. The van der Waals surface area contributed by atoms with E-state index in [9.17, 15) is 8.60 Å². The van der Waals surface area contributed by atoms with E-state index in [-0.39, 0.29) is 18.8 Å². The van der Waals surface area contributed by atoms with Crippen LogP contribution in [-0.2, 0) is 15.5 Å². The molecule has 1 aromatic carbocycles. The van der Waals surface area contributed by atoms with Gasteiger partial charge >= 0.3 is 0 Å². The number of halogens is 1. The van der Waals surface area contributed by atoms with Crippen molar-refractivity contribution in [1.82, 2.24) is 0 Å². The number of aliphatic hydroxyl groups excluding tert-OH is 1. The van der Waals surface area contributed by atoms with E-state index in [1.54, 1.807) is 12.1 Å². The minimum Gasteiger partial charge on any atom is -0.394 e. The van der Waals surface area contributed by atoms with Crippen molar-refractivity contribution in [1.29, 1.82) is 0 Å². The molecule has 0 radical (unpaired) electrons. The molecule has 1 unspecified atom stereocenters. The molecule has 1 heterocycles. The molecule has 0 amide bonds. The van der Waals surface area contributed by atoms with Crippen molar-refractivity contribution in [3.8, 4) is 0 Å². The minimum absolute atomic E-state index is 0.140. The van der Waals surface area contributed by atoms with Crippen LogP contribution in [0.25, 0.3) is 0 Å². The Labute approximate surface area is 108 Å². The monoisotopic (exact) mass is 272 g/mol. The van der Waals surface area contributed by atoms with Crippen molar-refractivity contribution in [2.75, 3.05) is 12.4 Å². The first-order valence-electron chi connectivity index (χ1n) is 5.95. The number of rotatable bonds is 4. The number of benzene rings is 1. The number of aryl methyl sites for hydroxylation is 1. The molecule has 1 N–H and O–H groups in total. The lowest BCUT2D eigenvalue weighted by Gasteiger charge is -2.13. The molecule has 4 atom stereocenters. The van der Waals surface area contributed by atoms with Gasteiger partial charge in [-0.25, -0.2) is 4.39 Å².